The van der Waals surface area contributed by atoms with Crippen molar-refractivity contribution in [1.82, 2.24) is 4.98 Å². The van der Waals surface area contributed by atoms with Gasteiger partial charge in [-0.2, -0.15) is 0 Å². The van der Waals surface area contributed by atoms with E-state index in [1.165, 1.54) is 0 Å². The SMILES string of the molecule is COc1ccc(OC(C)C(=O)Nc2ccc(-c3nc(-c4ccccc4)sc3C)cc2)cc1. The molecule has 32 heavy (non-hydrogen) atoms. The summed E-state index contributed by atoms with van der Waals surface area (Å²) in [6, 6.07) is 25.0. The van der Waals surface area contributed by atoms with Crippen LogP contribution >= 0.6 is 11.3 Å². The number of nitrogens with zero attached hydrogens (tertiary/aromatic N) is 1. The number of nitrogens with one attached hydrogen (secondary N) is 1. The molecule has 1 N–H and O–H groups in total. The van der Waals surface area contributed by atoms with Gasteiger partial charge in [0, 0.05) is 21.7 Å². The van der Waals surface area contributed by atoms with Crippen molar-refractivity contribution in [3.63, 3.8) is 0 Å². The fourth-order valence-electron chi connectivity index (χ4n) is 3.24. The molecular weight excluding hydrogens is 420 g/mol. The van der Waals surface area contributed by atoms with Crippen molar-refractivity contribution in [2.24, 2.45) is 0 Å². The van der Waals surface area contributed by atoms with Crippen molar-refractivity contribution >= 4 is 22.9 Å². The minimum atomic E-state index is -0.641. The van der Waals surface area contributed by atoms with Crippen LogP contribution in [-0.2, 0) is 4.79 Å². The van der Waals surface area contributed by atoms with Crippen molar-refractivity contribution in [3.8, 4) is 33.3 Å². The van der Waals surface area contributed by atoms with E-state index in [0.29, 0.717) is 11.4 Å². The fraction of sp³-hybridized carbons (Fsp3) is 0.154. The first-order chi connectivity index (χ1) is 15.5. The second kappa shape index (κ2) is 9.66. The molecular formula is C26H24N2O3S. The third-order valence-corrected chi connectivity index (χ3v) is 6.00. The average Bonchev–Trinajstić information content (AvgIpc) is 3.22. The number of ether oxygens (including phenoxy) is 2. The first kappa shape index (κ1) is 21.6. The van der Waals surface area contributed by atoms with Crippen LogP contribution in [0.5, 0.6) is 11.5 Å². The van der Waals surface area contributed by atoms with Crippen molar-refractivity contribution in [2.75, 3.05) is 12.4 Å². The molecule has 0 aliphatic heterocycles. The van der Waals surface area contributed by atoms with Gasteiger partial charge in [-0.3, -0.25) is 4.79 Å². The van der Waals surface area contributed by atoms with Gasteiger partial charge in [-0.25, -0.2) is 4.98 Å². The molecule has 0 spiro atoms. The smallest absolute Gasteiger partial charge is 0.265 e. The maximum absolute atomic E-state index is 12.5. The molecule has 1 aromatic heterocycles. The summed E-state index contributed by atoms with van der Waals surface area (Å²) in [6.45, 7) is 3.80. The highest BCUT2D eigenvalue weighted by atomic mass is 32.1. The van der Waals surface area contributed by atoms with Crippen molar-refractivity contribution in [1.29, 1.82) is 0 Å². The zero-order chi connectivity index (χ0) is 22.5. The summed E-state index contributed by atoms with van der Waals surface area (Å²) in [5, 5.41) is 3.90. The average molecular weight is 445 g/mol. The minimum absolute atomic E-state index is 0.218. The molecule has 0 aliphatic rings. The van der Waals surface area contributed by atoms with Gasteiger partial charge in [0.05, 0.1) is 12.8 Å². The van der Waals surface area contributed by atoms with E-state index in [9.17, 15) is 4.79 Å². The number of methoxy groups -OCH3 is 1. The Labute approximate surface area is 191 Å². The predicted octanol–water partition coefficient (Wildman–Crippen LogP) is 6.20. The Morgan fingerprint density at radius 3 is 2.22 bits per heavy atom. The molecule has 5 nitrogen and oxygen atoms in total. The van der Waals surface area contributed by atoms with Crippen LogP contribution in [-0.4, -0.2) is 24.1 Å². The quantitative estimate of drug-likeness (QED) is 0.369. The van der Waals surface area contributed by atoms with Crippen molar-refractivity contribution in [2.45, 2.75) is 20.0 Å². The number of thiazole rings is 1. The Balaban J connectivity index is 1.41. The Kier molecular flexibility index (Phi) is 6.52. The third kappa shape index (κ3) is 4.98. The Morgan fingerprint density at radius 2 is 1.56 bits per heavy atom. The van der Waals surface area contributed by atoms with Crippen LogP contribution < -0.4 is 14.8 Å². The summed E-state index contributed by atoms with van der Waals surface area (Å²) in [5.41, 5.74) is 3.80. The molecule has 4 rings (SSSR count). The van der Waals surface area contributed by atoms with E-state index < -0.39 is 6.10 Å². The van der Waals surface area contributed by atoms with E-state index in [4.69, 9.17) is 14.5 Å². The second-order valence-electron chi connectivity index (χ2n) is 7.29. The molecule has 1 unspecified atom stereocenters. The summed E-state index contributed by atoms with van der Waals surface area (Å²) >= 11 is 1.68. The molecule has 0 fully saturated rings. The van der Waals surface area contributed by atoms with E-state index >= 15 is 0 Å². The van der Waals surface area contributed by atoms with Crippen LogP contribution in [0.3, 0.4) is 0 Å². The van der Waals surface area contributed by atoms with E-state index in [1.807, 2.05) is 42.5 Å². The van der Waals surface area contributed by atoms with Gasteiger partial charge in [0.15, 0.2) is 6.10 Å². The number of hydrogen-bond acceptors (Lipinski definition) is 5. The number of benzene rings is 3. The van der Waals surface area contributed by atoms with Crippen LogP contribution in [0.25, 0.3) is 21.8 Å². The van der Waals surface area contributed by atoms with Gasteiger partial charge in [0.2, 0.25) is 0 Å². The highest BCUT2D eigenvalue weighted by molar-refractivity contribution is 7.15. The number of aromatic nitrogens is 1. The summed E-state index contributed by atoms with van der Waals surface area (Å²) in [6.07, 6.45) is -0.641. The largest absolute Gasteiger partial charge is 0.497 e. The number of carbonyl (C=O) groups is 1. The standard InChI is InChI=1S/C26H24N2O3S/c1-17(31-23-15-13-22(30-3)14-16-23)25(29)27-21-11-9-19(10-12-21)24-18(2)32-26(28-24)20-7-5-4-6-8-20/h4-17H,1-3H3,(H,27,29). The number of amides is 1. The van der Waals surface area contributed by atoms with Crippen LogP contribution in [0.2, 0.25) is 0 Å². The molecule has 3 aromatic carbocycles. The van der Waals surface area contributed by atoms with Gasteiger partial charge in [-0.15, -0.1) is 11.3 Å². The lowest BCUT2D eigenvalue weighted by molar-refractivity contribution is -0.122. The van der Waals surface area contributed by atoms with Crippen LogP contribution in [0.15, 0.2) is 78.9 Å². The molecule has 0 saturated heterocycles. The van der Waals surface area contributed by atoms with Gasteiger partial charge in [0.1, 0.15) is 16.5 Å². The molecule has 0 aliphatic carbocycles. The Bertz CT molecular complexity index is 1190. The van der Waals surface area contributed by atoms with E-state index in [1.54, 1.807) is 49.6 Å². The topological polar surface area (TPSA) is 60.5 Å². The molecule has 6 heteroatoms. The molecule has 1 amide bonds. The third-order valence-electron chi connectivity index (χ3n) is 4.98. The molecule has 1 heterocycles. The lowest BCUT2D eigenvalue weighted by Crippen LogP contribution is -2.30. The molecule has 162 valence electrons. The second-order valence-corrected chi connectivity index (χ2v) is 8.50. The van der Waals surface area contributed by atoms with Crippen LogP contribution in [0, 0.1) is 6.92 Å². The van der Waals surface area contributed by atoms with E-state index in [2.05, 4.69) is 24.4 Å². The number of aryl methyl sites for hydroxylation is 1. The van der Waals surface area contributed by atoms with Gasteiger partial charge >= 0.3 is 0 Å². The van der Waals surface area contributed by atoms with E-state index in [-0.39, 0.29) is 5.91 Å². The number of rotatable bonds is 7. The number of carbonyl (C=O) groups excluding carboxylic acids is 1. The lowest BCUT2D eigenvalue weighted by atomic mass is 10.1. The number of anilines is 1. The van der Waals surface area contributed by atoms with Gasteiger partial charge in [-0.1, -0.05) is 42.5 Å². The summed E-state index contributed by atoms with van der Waals surface area (Å²) in [5.74, 6) is 1.13. The minimum Gasteiger partial charge on any atom is -0.497 e. The first-order valence-electron chi connectivity index (χ1n) is 10.3. The Hall–Kier alpha value is -3.64. The van der Waals surface area contributed by atoms with Gasteiger partial charge in [-0.05, 0) is 50.2 Å². The zero-order valence-electron chi connectivity index (χ0n) is 18.2. The molecule has 1 atom stereocenters. The highest BCUT2D eigenvalue weighted by Crippen LogP contribution is 2.33. The van der Waals surface area contributed by atoms with Crippen molar-refractivity contribution < 1.29 is 14.3 Å². The molecule has 0 saturated carbocycles. The summed E-state index contributed by atoms with van der Waals surface area (Å²) in [4.78, 5) is 18.5. The molecule has 0 radical (unpaired) electrons. The highest BCUT2D eigenvalue weighted by Gasteiger charge is 2.16. The Morgan fingerprint density at radius 1 is 0.906 bits per heavy atom. The predicted molar refractivity (Wildman–Crippen MR) is 129 cm³/mol. The molecule has 0 bridgehead atoms. The first-order valence-corrected chi connectivity index (χ1v) is 11.1. The van der Waals surface area contributed by atoms with Crippen molar-refractivity contribution in [3.05, 3.63) is 83.7 Å². The summed E-state index contributed by atoms with van der Waals surface area (Å²) < 4.78 is 10.9. The van der Waals surface area contributed by atoms with Crippen LogP contribution in [0.4, 0.5) is 5.69 Å². The van der Waals surface area contributed by atoms with Gasteiger partial charge in [0.25, 0.3) is 5.91 Å². The van der Waals surface area contributed by atoms with E-state index in [0.717, 1.165) is 32.5 Å². The lowest BCUT2D eigenvalue weighted by Gasteiger charge is -2.15. The summed E-state index contributed by atoms with van der Waals surface area (Å²) in [7, 11) is 1.61. The van der Waals surface area contributed by atoms with Gasteiger partial charge < -0.3 is 14.8 Å². The zero-order valence-corrected chi connectivity index (χ0v) is 19.0. The van der Waals surface area contributed by atoms with Crippen LogP contribution in [0.1, 0.15) is 11.8 Å². The fourth-order valence-corrected chi connectivity index (χ4v) is 4.18. The number of hydrogen-bond donors (Lipinski definition) is 1. The monoisotopic (exact) mass is 444 g/mol. The molecule has 4 aromatic rings. The normalized spacial score (nSPS) is 11.6. The maximum atomic E-state index is 12.5. The maximum Gasteiger partial charge on any atom is 0.265 e.